The Kier molecular flexibility index (Phi) is 5.87. The van der Waals surface area contributed by atoms with Crippen molar-refractivity contribution in [1.29, 1.82) is 0 Å². The molecule has 1 unspecified atom stereocenters. The number of ether oxygens (including phenoxy) is 1. The molecular weight excluding hydrogens is 376 g/mol. The topological polar surface area (TPSA) is 85.4 Å². The van der Waals surface area contributed by atoms with Crippen LogP contribution in [0.25, 0.3) is 0 Å². The van der Waals surface area contributed by atoms with Gasteiger partial charge in [-0.2, -0.15) is 4.72 Å². The molecule has 0 amide bonds. The fourth-order valence-corrected chi connectivity index (χ4v) is 4.18. The van der Waals surface area contributed by atoms with Gasteiger partial charge in [0.1, 0.15) is 0 Å². The maximum Gasteiger partial charge on any atom is 0.338 e. The van der Waals surface area contributed by atoms with E-state index in [-0.39, 0.29) is 4.90 Å². The number of methoxy groups -OCH3 is 1. The van der Waals surface area contributed by atoms with Crippen LogP contribution in [-0.2, 0) is 14.8 Å². The molecule has 3 rings (SSSR count). The molecule has 1 heterocycles. The SMILES string of the molecule is COC(=O)c1ccc(S(=O)(=O)NC(c2ccccc2)c2cccnc2)cc1C. The summed E-state index contributed by atoms with van der Waals surface area (Å²) in [4.78, 5) is 15.9. The van der Waals surface area contributed by atoms with Crippen LogP contribution in [0.5, 0.6) is 0 Å². The van der Waals surface area contributed by atoms with Crippen molar-refractivity contribution in [3.63, 3.8) is 0 Å². The highest BCUT2D eigenvalue weighted by atomic mass is 32.2. The third-order valence-electron chi connectivity index (χ3n) is 4.34. The molecule has 1 atom stereocenters. The summed E-state index contributed by atoms with van der Waals surface area (Å²) >= 11 is 0. The zero-order chi connectivity index (χ0) is 20.1. The van der Waals surface area contributed by atoms with Crippen molar-refractivity contribution in [3.8, 4) is 0 Å². The monoisotopic (exact) mass is 396 g/mol. The zero-order valence-electron chi connectivity index (χ0n) is 15.5. The highest BCUT2D eigenvalue weighted by molar-refractivity contribution is 7.89. The highest BCUT2D eigenvalue weighted by Gasteiger charge is 2.24. The molecule has 144 valence electrons. The lowest BCUT2D eigenvalue weighted by atomic mass is 10.0. The van der Waals surface area contributed by atoms with E-state index in [1.807, 2.05) is 36.4 Å². The van der Waals surface area contributed by atoms with Gasteiger partial charge in [0, 0.05) is 12.4 Å². The summed E-state index contributed by atoms with van der Waals surface area (Å²) in [7, 11) is -2.57. The Morgan fingerprint density at radius 2 is 1.75 bits per heavy atom. The maximum atomic E-state index is 13.0. The fourth-order valence-electron chi connectivity index (χ4n) is 2.89. The molecule has 2 aromatic carbocycles. The smallest absolute Gasteiger partial charge is 0.338 e. The van der Waals surface area contributed by atoms with Gasteiger partial charge in [0.2, 0.25) is 10.0 Å². The van der Waals surface area contributed by atoms with Crippen molar-refractivity contribution in [2.24, 2.45) is 0 Å². The number of hydrogen-bond donors (Lipinski definition) is 1. The Hall–Kier alpha value is -3.03. The molecule has 0 fully saturated rings. The van der Waals surface area contributed by atoms with Crippen LogP contribution in [0.3, 0.4) is 0 Å². The summed E-state index contributed by atoms with van der Waals surface area (Å²) in [5, 5.41) is 0. The largest absolute Gasteiger partial charge is 0.465 e. The van der Waals surface area contributed by atoms with E-state index in [0.29, 0.717) is 11.1 Å². The van der Waals surface area contributed by atoms with Crippen LogP contribution in [0.15, 0.2) is 78.0 Å². The molecule has 7 heteroatoms. The number of aromatic nitrogens is 1. The average molecular weight is 396 g/mol. The van der Waals surface area contributed by atoms with E-state index in [2.05, 4.69) is 9.71 Å². The minimum absolute atomic E-state index is 0.0717. The maximum absolute atomic E-state index is 13.0. The first-order valence-electron chi connectivity index (χ1n) is 8.58. The van der Waals surface area contributed by atoms with Crippen molar-refractivity contribution in [2.75, 3.05) is 7.11 Å². The average Bonchev–Trinajstić information content (AvgIpc) is 2.72. The highest BCUT2D eigenvalue weighted by Crippen LogP contribution is 2.25. The molecule has 0 aliphatic carbocycles. The predicted molar refractivity (Wildman–Crippen MR) is 105 cm³/mol. The number of carbonyl (C=O) groups excluding carboxylic acids is 1. The van der Waals surface area contributed by atoms with Gasteiger partial charge < -0.3 is 4.74 Å². The molecule has 6 nitrogen and oxygen atoms in total. The second-order valence-electron chi connectivity index (χ2n) is 6.22. The predicted octanol–water partition coefficient (Wildman–Crippen LogP) is 3.24. The van der Waals surface area contributed by atoms with Gasteiger partial charge in [-0.05, 0) is 47.9 Å². The molecule has 0 radical (unpaired) electrons. The Morgan fingerprint density at radius 1 is 1.04 bits per heavy atom. The summed E-state index contributed by atoms with van der Waals surface area (Å²) in [5.41, 5.74) is 2.36. The van der Waals surface area contributed by atoms with Crippen molar-refractivity contribution >= 4 is 16.0 Å². The minimum Gasteiger partial charge on any atom is -0.465 e. The van der Waals surface area contributed by atoms with Gasteiger partial charge in [0.25, 0.3) is 0 Å². The van der Waals surface area contributed by atoms with Gasteiger partial charge >= 0.3 is 5.97 Å². The second kappa shape index (κ2) is 8.33. The van der Waals surface area contributed by atoms with E-state index in [9.17, 15) is 13.2 Å². The number of sulfonamides is 1. The number of hydrogen-bond acceptors (Lipinski definition) is 5. The van der Waals surface area contributed by atoms with E-state index in [0.717, 1.165) is 11.1 Å². The number of nitrogens with zero attached hydrogens (tertiary/aromatic N) is 1. The lowest BCUT2D eigenvalue weighted by Crippen LogP contribution is -2.29. The minimum atomic E-state index is -3.86. The summed E-state index contributed by atoms with van der Waals surface area (Å²) in [5.74, 6) is -0.507. The summed E-state index contributed by atoms with van der Waals surface area (Å²) < 4.78 is 33.5. The molecule has 0 aliphatic rings. The first-order chi connectivity index (χ1) is 13.4. The molecule has 3 aromatic rings. The molecule has 0 saturated carbocycles. The normalized spacial score (nSPS) is 12.4. The van der Waals surface area contributed by atoms with Gasteiger partial charge in [-0.1, -0.05) is 36.4 Å². The number of benzene rings is 2. The van der Waals surface area contributed by atoms with E-state index < -0.39 is 22.0 Å². The van der Waals surface area contributed by atoms with Gasteiger partial charge in [-0.15, -0.1) is 0 Å². The van der Waals surface area contributed by atoms with E-state index >= 15 is 0 Å². The molecular formula is C21H20N2O4S. The zero-order valence-corrected chi connectivity index (χ0v) is 16.3. The molecule has 0 spiro atoms. The first-order valence-corrected chi connectivity index (χ1v) is 10.1. The van der Waals surface area contributed by atoms with Crippen LogP contribution in [0.4, 0.5) is 0 Å². The van der Waals surface area contributed by atoms with Crippen LogP contribution in [0, 0.1) is 6.92 Å². The molecule has 1 aromatic heterocycles. The number of pyridine rings is 1. The molecule has 0 saturated heterocycles. The van der Waals surface area contributed by atoms with Gasteiger partial charge in [0.15, 0.2) is 0 Å². The van der Waals surface area contributed by atoms with Crippen LogP contribution in [-0.4, -0.2) is 26.5 Å². The quantitative estimate of drug-likeness (QED) is 0.647. The van der Waals surface area contributed by atoms with Gasteiger partial charge in [-0.25, -0.2) is 13.2 Å². The van der Waals surface area contributed by atoms with E-state index in [4.69, 9.17) is 4.74 Å². The third-order valence-corrected chi connectivity index (χ3v) is 5.76. The third kappa shape index (κ3) is 4.27. The van der Waals surface area contributed by atoms with Crippen molar-refractivity contribution in [3.05, 3.63) is 95.3 Å². The first kappa shape index (κ1) is 19.7. The number of carbonyl (C=O) groups is 1. The summed E-state index contributed by atoms with van der Waals surface area (Å²) in [6.45, 7) is 1.67. The Morgan fingerprint density at radius 3 is 2.36 bits per heavy atom. The lowest BCUT2D eigenvalue weighted by Gasteiger charge is -2.20. The Balaban J connectivity index is 1.98. The van der Waals surface area contributed by atoms with Crippen LogP contribution < -0.4 is 4.72 Å². The number of nitrogens with one attached hydrogen (secondary N) is 1. The van der Waals surface area contributed by atoms with Crippen LogP contribution in [0.1, 0.15) is 33.1 Å². The van der Waals surface area contributed by atoms with Crippen LogP contribution >= 0.6 is 0 Å². The van der Waals surface area contributed by atoms with Crippen molar-refractivity contribution in [1.82, 2.24) is 9.71 Å². The fraction of sp³-hybridized carbons (Fsp3) is 0.143. The molecule has 1 N–H and O–H groups in total. The van der Waals surface area contributed by atoms with E-state index in [1.54, 1.807) is 25.4 Å². The van der Waals surface area contributed by atoms with Crippen molar-refractivity contribution < 1.29 is 17.9 Å². The van der Waals surface area contributed by atoms with Gasteiger partial charge in [-0.3, -0.25) is 4.98 Å². The standard InChI is InChI=1S/C21H20N2O4S/c1-15-13-18(10-11-19(15)21(24)27-2)28(25,26)23-20(16-7-4-3-5-8-16)17-9-6-12-22-14-17/h3-14,20,23H,1-2H3. The second-order valence-corrected chi connectivity index (χ2v) is 7.93. The molecule has 28 heavy (non-hydrogen) atoms. The van der Waals surface area contributed by atoms with E-state index in [1.165, 1.54) is 25.3 Å². The number of rotatable bonds is 6. The number of esters is 1. The Labute approximate surface area is 164 Å². The van der Waals surface area contributed by atoms with Crippen LogP contribution in [0.2, 0.25) is 0 Å². The molecule has 0 bridgehead atoms. The lowest BCUT2D eigenvalue weighted by molar-refractivity contribution is 0.0600. The van der Waals surface area contributed by atoms with Crippen molar-refractivity contribution in [2.45, 2.75) is 17.9 Å². The summed E-state index contributed by atoms with van der Waals surface area (Å²) in [6.07, 6.45) is 3.26. The summed E-state index contributed by atoms with van der Waals surface area (Å²) in [6, 6.07) is 16.6. The van der Waals surface area contributed by atoms with Gasteiger partial charge in [0.05, 0.1) is 23.6 Å². The Bertz CT molecular complexity index is 1030. The molecule has 0 aliphatic heterocycles. The number of aryl methyl sites for hydroxylation is 1.